The number of hydrogen-bond donors (Lipinski definition) is 1. The van der Waals surface area contributed by atoms with E-state index < -0.39 is 0 Å². The van der Waals surface area contributed by atoms with Gasteiger partial charge in [-0.3, -0.25) is 4.98 Å². The van der Waals surface area contributed by atoms with Crippen molar-refractivity contribution in [2.24, 2.45) is 5.92 Å². The number of nitrogens with zero attached hydrogens (tertiary/aromatic N) is 5. The Morgan fingerprint density at radius 3 is 3.05 bits per heavy atom. The van der Waals surface area contributed by atoms with Crippen LogP contribution < -0.4 is 10.6 Å². The standard InChI is InChI=1S/C13H18N6/c14-12-6-16-7-13(17-12)19-4-1-2-11(9-19)8-18-5-3-15-10-18/h3,5-7,10-11H,1-2,4,8-9H2,(H2,14,17). The van der Waals surface area contributed by atoms with E-state index >= 15 is 0 Å². The van der Waals surface area contributed by atoms with Crippen molar-refractivity contribution >= 4 is 11.6 Å². The molecule has 0 aromatic carbocycles. The molecule has 6 nitrogen and oxygen atoms in total. The van der Waals surface area contributed by atoms with Gasteiger partial charge in [-0.2, -0.15) is 0 Å². The summed E-state index contributed by atoms with van der Waals surface area (Å²) in [4.78, 5) is 14.8. The Balaban J connectivity index is 1.67. The Morgan fingerprint density at radius 1 is 1.32 bits per heavy atom. The van der Waals surface area contributed by atoms with Crippen molar-refractivity contribution < 1.29 is 0 Å². The van der Waals surface area contributed by atoms with E-state index in [4.69, 9.17) is 5.73 Å². The van der Waals surface area contributed by atoms with E-state index in [1.54, 1.807) is 12.4 Å². The van der Waals surface area contributed by atoms with E-state index in [0.29, 0.717) is 11.7 Å². The second kappa shape index (κ2) is 5.26. The molecule has 1 unspecified atom stereocenters. The maximum atomic E-state index is 5.70. The van der Waals surface area contributed by atoms with E-state index in [-0.39, 0.29) is 0 Å². The SMILES string of the molecule is Nc1cncc(N2CCCC(Cn3ccnc3)C2)n1. The van der Waals surface area contributed by atoms with E-state index in [2.05, 4.69) is 24.4 Å². The summed E-state index contributed by atoms with van der Waals surface area (Å²) in [7, 11) is 0. The summed E-state index contributed by atoms with van der Waals surface area (Å²) >= 11 is 0. The zero-order valence-electron chi connectivity index (χ0n) is 10.8. The first kappa shape index (κ1) is 12.0. The van der Waals surface area contributed by atoms with Crippen molar-refractivity contribution in [1.82, 2.24) is 19.5 Å². The average Bonchev–Trinajstić information content (AvgIpc) is 2.92. The topological polar surface area (TPSA) is 72.9 Å². The highest BCUT2D eigenvalue weighted by Gasteiger charge is 2.21. The Morgan fingerprint density at radius 2 is 2.26 bits per heavy atom. The van der Waals surface area contributed by atoms with Crippen LogP contribution in [0, 0.1) is 5.92 Å². The summed E-state index contributed by atoms with van der Waals surface area (Å²) in [6.07, 6.45) is 11.5. The van der Waals surface area contributed by atoms with Gasteiger partial charge in [-0.05, 0) is 18.8 Å². The fourth-order valence-corrected chi connectivity index (χ4v) is 2.64. The lowest BCUT2D eigenvalue weighted by molar-refractivity contribution is 0.365. The van der Waals surface area contributed by atoms with Crippen LogP contribution in [-0.4, -0.2) is 32.6 Å². The molecule has 1 aliphatic rings. The summed E-state index contributed by atoms with van der Waals surface area (Å²) < 4.78 is 2.14. The average molecular weight is 258 g/mol. The first-order chi connectivity index (χ1) is 9.31. The molecule has 0 saturated carbocycles. The Kier molecular flexibility index (Phi) is 3.31. The van der Waals surface area contributed by atoms with Gasteiger partial charge in [0.2, 0.25) is 0 Å². The molecule has 0 radical (unpaired) electrons. The summed E-state index contributed by atoms with van der Waals surface area (Å²) in [6, 6.07) is 0. The highest BCUT2D eigenvalue weighted by Crippen LogP contribution is 2.22. The second-order valence-electron chi connectivity index (χ2n) is 5.02. The van der Waals surface area contributed by atoms with Gasteiger partial charge in [-0.1, -0.05) is 0 Å². The molecule has 0 aliphatic carbocycles. The zero-order valence-corrected chi connectivity index (χ0v) is 10.8. The molecule has 1 aliphatic heterocycles. The number of anilines is 2. The number of rotatable bonds is 3. The molecular weight excluding hydrogens is 240 g/mol. The molecule has 100 valence electrons. The van der Waals surface area contributed by atoms with Gasteiger partial charge in [0.1, 0.15) is 11.6 Å². The van der Waals surface area contributed by atoms with E-state index in [1.165, 1.54) is 12.8 Å². The largest absolute Gasteiger partial charge is 0.382 e. The molecule has 1 fully saturated rings. The quantitative estimate of drug-likeness (QED) is 0.894. The number of aromatic nitrogens is 4. The molecule has 19 heavy (non-hydrogen) atoms. The highest BCUT2D eigenvalue weighted by molar-refractivity contribution is 5.41. The van der Waals surface area contributed by atoms with Crippen LogP contribution in [-0.2, 0) is 6.54 Å². The van der Waals surface area contributed by atoms with Crippen molar-refractivity contribution in [2.75, 3.05) is 23.7 Å². The molecule has 0 spiro atoms. The van der Waals surface area contributed by atoms with Gasteiger partial charge in [-0.15, -0.1) is 0 Å². The summed E-state index contributed by atoms with van der Waals surface area (Å²) in [5.41, 5.74) is 5.70. The molecule has 2 aromatic heterocycles. The number of hydrogen-bond acceptors (Lipinski definition) is 5. The molecule has 2 N–H and O–H groups in total. The second-order valence-corrected chi connectivity index (χ2v) is 5.02. The van der Waals surface area contributed by atoms with Crippen LogP contribution in [0.1, 0.15) is 12.8 Å². The normalized spacial score (nSPS) is 19.6. The molecule has 6 heteroatoms. The molecule has 3 rings (SSSR count). The molecule has 0 amide bonds. The molecule has 0 bridgehead atoms. The predicted octanol–water partition coefficient (Wildman–Crippen LogP) is 1.17. The van der Waals surface area contributed by atoms with Crippen LogP contribution in [0.4, 0.5) is 11.6 Å². The van der Waals surface area contributed by atoms with Crippen LogP contribution >= 0.6 is 0 Å². The first-order valence-electron chi connectivity index (χ1n) is 6.59. The highest BCUT2D eigenvalue weighted by atomic mass is 15.2. The van der Waals surface area contributed by atoms with Crippen molar-refractivity contribution in [3.8, 4) is 0 Å². The molecule has 3 heterocycles. The molecular formula is C13H18N6. The molecule has 1 saturated heterocycles. The lowest BCUT2D eigenvalue weighted by Crippen LogP contribution is -2.37. The van der Waals surface area contributed by atoms with Gasteiger partial charge in [0, 0.05) is 32.0 Å². The van der Waals surface area contributed by atoms with Crippen LogP contribution in [0.15, 0.2) is 31.1 Å². The third kappa shape index (κ3) is 2.83. The number of piperidine rings is 1. The van der Waals surface area contributed by atoms with Crippen molar-refractivity contribution in [3.63, 3.8) is 0 Å². The number of imidazole rings is 1. The van der Waals surface area contributed by atoms with Crippen LogP contribution in [0.3, 0.4) is 0 Å². The lowest BCUT2D eigenvalue weighted by atomic mass is 9.98. The first-order valence-corrected chi connectivity index (χ1v) is 6.59. The van der Waals surface area contributed by atoms with Gasteiger partial charge in [0.25, 0.3) is 0 Å². The van der Waals surface area contributed by atoms with Gasteiger partial charge in [-0.25, -0.2) is 9.97 Å². The van der Waals surface area contributed by atoms with Crippen LogP contribution in [0.25, 0.3) is 0 Å². The van der Waals surface area contributed by atoms with Gasteiger partial charge in [0.15, 0.2) is 0 Å². The summed E-state index contributed by atoms with van der Waals surface area (Å²) in [5, 5.41) is 0. The Bertz CT molecular complexity index is 524. The van der Waals surface area contributed by atoms with Crippen molar-refractivity contribution in [3.05, 3.63) is 31.1 Å². The maximum absolute atomic E-state index is 5.70. The third-order valence-electron chi connectivity index (χ3n) is 3.51. The van der Waals surface area contributed by atoms with E-state index in [9.17, 15) is 0 Å². The number of nitrogens with two attached hydrogens (primary N) is 1. The smallest absolute Gasteiger partial charge is 0.149 e. The van der Waals surface area contributed by atoms with Crippen molar-refractivity contribution in [2.45, 2.75) is 19.4 Å². The minimum atomic E-state index is 0.481. The fourth-order valence-electron chi connectivity index (χ4n) is 2.64. The lowest BCUT2D eigenvalue weighted by Gasteiger charge is -2.33. The van der Waals surface area contributed by atoms with Gasteiger partial charge < -0.3 is 15.2 Å². The molecule has 1 atom stereocenters. The third-order valence-corrected chi connectivity index (χ3v) is 3.51. The van der Waals surface area contributed by atoms with Gasteiger partial charge >= 0.3 is 0 Å². The fraction of sp³-hybridized carbons (Fsp3) is 0.462. The summed E-state index contributed by atoms with van der Waals surface area (Å²) in [6.45, 7) is 3.03. The molecule has 2 aromatic rings. The van der Waals surface area contributed by atoms with Crippen LogP contribution in [0.2, 0.25) is 0 Å². The summed E-state index contributed by atoms with van der Waals surface area (Å²) in [5.74, 6) is 1.98. The van der Waals surface area contributed by atoms with Crippen molar-refractivity contribution in [1.29, 1.82) is 0 Å². The number of nitrogen functional groups attached to an aromatic ring is 1. The monoisotopic (exact) mass is 258 g/mol. The predicted molar refractivity (Wildman–Crippen MR) is 73.6 cm³/mol. The van der Waals surface area contributed by atoms with Gasteiger partial charge in [0.05, 0.1) is 18.7 Å². The minimum Gasteiger partial charge on any atom is -0.382 e. The van der Waals surface area contributed by atoms with E-state index in [0.717, 1.165) is 25.5 Å². The Hall–Kier alpha value is -2.11. The zero-order chi connectivity index (χ0) is 13.1. The van der Waals surface area contributed by atoms with Crippen LogP contribution in [0.5, 0.6) is 0 Å². The van der Waals surface area contributed by atoms with E-state index in [1.807, 2.05) is 18.7 Å². The maximum Gasteiger partial charge on any atom is 0.149 e. The minimum absolute atomic E-state index is 0.481. The Labute approximate surface area is 112 Å².